The lowest BCUT2D eigenvalue weighted by Gasteiger charge is -2.14. The molecule has 0 spiro atoms. The second-order valence-electron chi connectivity index (χ2n) is 4.66. The molecule has 1 saturated heterocycles. The van der Waals surface area contributed by atoms with Crippen molar-refractivity contribution in [3.8, 4) is 0 Å². The maximum Gasteiger partial charge on any atom is 0.269 e. The number of nitro benzene ring substituents is 1. The van der Waals surface area contributed by atoms with E-state index in [-0.39, 0.29) is 31.0 Å². The van der Waals surface area contributed by atoms with Crippen LogP contribution >= 0.6 is 24.0 Å². The summed E-state index contributed by atoms with van der Waals surface area (Å²) >= 11 is 6.24. The van der Waals surface area contributed by atoms with Gasteiger partial charge >= 0.3 is 0 Å². The molecule has 0 radical (unpaired) electrons. The summed E-state index contributed by atoms with van der Waals surface area (Å²) in [7, 11) is 0. The van der Waals surface area contributed by atoms with Crippen molar-refractivity contribution in [3.05, 3.63) is 44.8 Å². The maximum absolute atomic E-state index is 12.2. The summed E-state index contributed by atoms with van der Waals surface area (Å²) in [6.45, 7) is 0.219. The first-order valence-corrected chi connectivity index (χ1v) is 7.80. The number of amides is 1. The lowest BCUT2D eigenvalue weighted by atomic mass is 10.2. The summed E-state index contributed by atoms with van der Waals surface area (Å²) in [5.41, 5.74) is 0.614. The van der Waals surface area contributed by atoms with E-state index in [0.717, 1.165) is 11.8 Å². The highest BCUT2D eigenvalue weighted by Crippen LogP contribution is 2.32. The zero-order valence-electron chi connectivity index (χ0n) is 11.8. The van der Waals surface area contributed by atoms with Gasteiger partial charge in [-0.05, 0) is 36.6 Å². The Bertz CT molecular complexity index is 700. The molecule has 9 heteroatoms. The molecule has 23 heavy (non-hydrogen) atoms. The van der Waals surface area contributed by atoms with Crippen molar-refractivity contribution in [3.63, 3.8) is 0 Å². The van der Waals surface area contributed by atoms with Crippen LogP contribution in [0.15, 0.2) is 29.2 Å². The van der Waals surface area contributed by atoms with Crippen LogP contribution in [-0.4, -0.2) is 32.6 Å². The van der Waals surface area contributed by atoms with Gasteiger partial charge in [0.15, 0.2) is 0 Å². The minimum Gasteiger partial charge on any atom is -0.550 e. The van der Waals surface area contributed by atoms with E-state index in [4.69, 9.17) is 12.2 Å². The fourth-order valence-electron chi connectivity index (χ4n) is 1.92. The Kier molecular flexibility index (Phi) is 5.45. The lowest BCUT2D eigenvalue weighted by molar-refractivity contribution is -0.384. The molecule has 0 saturated carbocycles. The van der Waals surface area contributed by atoms with Gasteiger partial charge in [0.05, 0.1) is 9.83 Å². The standard InChI is InChI=1S/C14H12N2O5S2/c17-12(18)2-1-7-15-13(19)11(23-14(15)22)8-9-3-5-10(6-4-9)16(20)21/h3-6,8H,1-2,7H2,(H,17,18)/p-1. The third kappa shape index (κ3) is 4.36. The predicted molar refractivity (Wildman–Crippen MR) is 87.2 cm³/mol. The average Bonchev–Trinajstić information content (AvgIpc) is 2.75. The molecular formula is C14H11N2O5S2-. The van der Waals surface area contributed by atoms with Gasteiger partial charge in [0.25, 0.3) is 11.6 Å². The van der Waals surface area contributed by atoms with Crippen LogP contribution in [0.25, 0.3) is 6.08 Å². The van der Waals surface area contributed by atoms with E-state index in [0.29, 0.717) is 14.8 Å². The van der Waals surface area contributed by atoms with E-state index in [1.807, 2.05) is 0 Å². The van der Waals surface area contributed by atoms with Crippen molar-refractivity contribution in [1.29, 1.82) is 0 Å². The number of nitro groups is 1. The monoisotopic (exact) mass is 351 g/mol. The van der Waals surface area contributed by atoms with Gasteiger partial charge in [-0.15, -0.1) is 0 Å². The van der Waals surface area contributed by atoms with Gasteiger partial charge in [-0.3, -0.25) is 19.8 Å². The minimum atomic E-state index is -1.17. The first kappa shape index (κ1) is 17.1. The Hall–Kier alpha value is -2.26. The first-order valence-electron chi connectivity index (χ1n) is 6.58. The molecule has 1 aliphatic rings. The van der Waals surface area contributed by atoms with E-state index in [2.05, 4.69) is 0 Å². The van der Waals surface area contributed by atoms with Gasteiger partial charge in [-0.2, -0.15) is 0 Å². The summed E-state index contributed by atoms with van der Waals surface area (Å²) in [4.78, 5) is 34.5. The van der Waals surface area contributed by atoms with Crippen molar-refractivity contribution in [2.24, 2.45) is 0 Å². The van der Waals surface area contributed by atoms with Crippen LogP contribution in [0.2, 0.25) is 0 Å². The molecule has 120 valence electrons. The van der Waals surface area contributed by atoms with Crippen LogP contribution in [0.5, 0.6) is 0 Å². The number of non-ortho nitro benzene ring substituents is 1. The number of hydrogen-bond acceptors (Lipinski definition) is 7. The van der Waals surface area contributed by atoms with Crippen LogP contribution in [0, 0.1) is 10.1 Å². The number of rotatable bonds is 6. The highest BCUT2D eigenvalue weighted by atomic mass is 32.2. The van der Waals surface area contributed by atoms with Gasteiger partial charge in [-0.1, -0.05) is 24.0 Å². The Morgan fingerprint density at radius 1 is 1.35 bits per heavy atom. The normalized spacial score (nSPS) is 16.2. The number of carbonyl (C=O) groups excluding carboxylic acids is 2. The number of carboxylic acids is 1. The van der Waals surface area contributed by atoms with E-state index >= 15 is 0 Å². The second-order valence-corrected chi connectivity index (χ2v) is 6.33. The number of benzene rings is 1. The van der Waals surface area contributed by atoms with Gasteiger partial charge in [-0.25, -0.2) is 0 Å². The van der Waals surface area contributed by atoms with E-state index in [9.17, 15) is 24.8 Å². The second kappa shape index (κ2) is 7.34. The number of carbonyl (C=O) groups is 2. The third-order valence-corrected chi connectivity index (χ3v) is 4.42. The smallest absolute Gasteiger partial charge is 0.269 e. The predicted octanol–water partition coefficient (Wildman–Crippen LogP) is 1.33. The molecule has 1 aliphatic heterocycles. The first-order chi connectivity index (χ1) is 10.9. The molecule has 1 heterocycles. The lowest BCUT2D eigenvalue weighted by Crippen LogP contribution is -2.30. The van der Waals surface area contributed by atoms with Gasteiger partial charge in [0.2, 0.25) is 0 Å². The number of thiocarbonyl (C=S) groups is 1. The molecule has 0 aromatic heterocycles. The molecule has 0 atom stereocenters. The van der Waals surface area contributed by atoms with Gasteiger partial charge < -0.3 is 9.90 Å². The van der Waals surface area contributed by atoms with E-state index in [1.165, 1.54) is 17.0 Å². The third-order valence-electron chi connectivity index (χ3n) is 3.04. The van der Waals surface area contributed by atoms with E-state index < -0.39 is 10.9 Å². The zero-order valence-corrected chi connectivity index (χ0v) is 13.4. The number of hydrogen-bond donors (Lipinski definition) is 0. The molecule has 2 rings (SSSR count). The van der Waals surface area contributed by atoms with Crippen molar-refractivity contribution < 1.29 is 19.6 Å². The van der Waals surface area contributed by atoms with Crippen LogP contribution in [0.1, 0.15) is 18.4 Å². The molecule has 7 nitrogen and oxygen atoms in total. The summed E-state index contributed by atoms with van der Waals surface area (Å²) in [5, 5.41) is 21.0. The molecule has 0 bridgehead atoms. The summed E-state index contributed by atoms with van der Waals surface area (Å²) in [6.07, 6.45) is 1.72. The fraction of sp³-hybridized carbons (Fsp3) is 0.214. The summed E-state index contributed by atoms with van der Waals surface area (Å²) in [5.74, 6) is -1.46. The molecule has 1 amide bonds. The van der Waals surface area contributed by atoms with Crippen LogP contribution in [0.3, 0.4) is 0 Å². The number of carboxylic acid groups (broad SMARTS) is 1. The van der Waals surface area contributed by atoms with Crippen molar-refractivity contribution in [2.75, 3.05) is 6.54 Å². The molecule has 1 aromatic carbocycles. The van der Waals surface area contributed by atoms with Gasteiger partial charge in [0.1, 0.15) is 4.32 Å². The molecule has 0 N–H and O–H groups in total. The zero-order chi connectivity index (χ0) is 17.0. The highest BCUT2D eigenvalue weighted by molar-refractivity contribution is 8.26. The molecular weight excluding hydrogens is 340 g/mol. The average molecular weight is 351 g/mol. The topological polar surface area (TPSA) is 104 Å². The number of thioether (sulfide) groups is 1. The van der Waals surface area contributed by atoms with Crippen molar-refractivity contribution >= 4 is 51.9 Å². The van der Waals surface area contributed by atoms with Crippen molar-refractivity contribution in [1.82, 2.24) is 4.90 Å². The molecule has 1 fully saturated rings. The Morgan fingerprint density at radius 3 is 2.57 bits per heavy atom. The largest absolute Gasteiger partial charge is 0.550 e. The minimum absolute atomic E-state index is 0.0306. The molecule has 0 unspecified atom stereocenters. The Labute approximate surface area is 141 Å². The SMILES string of the molecule is O=C([O-])CCCN1C(=O)C(=Cc2ccc([N+](=O)[O-])cc2)SC1=S. The quantitative estimate of drug-likeness (QED) is 0.329. The Balaban J connectivity index is 2.08. The van der Waals surface area contributed by atoms with E-state index in [1.54, 1.807) is 18.2 Å². The van der Waals surface area contributed by atoms with Crippen molar-refractivity contribution in [2.45, 2.75) is 12.8 Å². The fourth-order valence-corrected chi connectivity index (χ4v) is 3.23. The summed E-state index contributed by atoms with van der Waals surface area (Å²) < 4.78 is 0.363. The van der Waals surface area contributed by atoms with Crippen LogP contribution < -0.4 is 5.11 Å². The number of nitrogens with zero attached hydrogens (tertiary/aromatic N) is 2. The molecule has 0 aliphatic carbocycles. The maximum atomic E-state index is 12.2. The van der Waals surface area contributed by atoms with Crippen LogP contribution in [-0.2, 0) is 9.59 Å². The molecule has 1 aromatic rings. The van der Waals surface area contributed by atoms with Gasteiger partial charge in [0, 0.05) is 24.6 Å². The highest BCUT2D eigenvalue weighted by Gasteiger charge is 2.31. The Morgan fingerprint density at radius 2 is 2.00 bits per heavy atom. The number of aliphatic carboxylic acids is 1. The van der Waals surface area contributed by atoms with Crippen LogP contribution in [0.4, 0.5) is 5.69 Å². The summed E-state index contributed by atoms with van der Waals surface area (Å²) in [6, 6.07) is 5.79.